The zero-order valence-corrected chi connectivity index (χ0v) is 8.99. The van der Waals surface area contributed by atoms with E-state index >= 15 is 0 Å². The van der Waals surface area contributed by atoms with Crippen LogP contribution in [-0.4, -0.2) is 8.42 Å². The van der Waals surface area contributed by atoms with E-state index in [2.05, 4.69) is 0 Å². The Bertz CT molecular complexity index is 340. The van der Waals surface area contributed by atoms with Crippen LogP contribution in [0, 0.1) is 6.92 Å². The predicted molar refractivity (Wildman–Crippen MR) is 55.4 cm³/mol. The fourth-order valence-corrected chi connectivity index (χ4v) is 2.80. The van der Waals surface area contributed by atoms with Gasteiger partial charge in [0.05, 0.1) is 10.8 Å². The van der Waals surface area contributed by atoms with E-state index in [0.717, 1.165) is 17.7 Å². The van der Waals surface area contributed by atoms with Gasteiger partial charge < -0.3 is 0 Å². The smallest absolute Gasteiger partial charge is 0.124 e. The number of halogens is 1. The maximum absolute atomic E-state index is 11.8. The molecule has 1 aromatic carbocycles. The quantitative estimate of drug-likeness (QED) is 0.692. The highest BCUT2D eigenvalue weighted by Gasteiger charge is 2.47. The third-order valence-electron chi connectivity index (χ3n) is 2.21. The number of aryl methyl sites for hydroxylation is 1. The number of alkyl halides is 1. The number of rotatable bonds is 2. The number of benzene rings is 1. The average molecular weight is 215 g/mol. The van der Waals surface area contributed by atoms with Crippen molar-refractivity contribution >= 4 is 22.4 Å². The van der Waals surface area contributed by atoms with E-state index in [1.807, 2.05) is 31.2 Å². The summed E-state index contributed by atoms with van der Waals surface area (Å²) in [6, 6.07) is 7.73. The Labute approximate surface area is 85.6 Å². The largest absolute Gasteiger partial charge is 0.253 e. The molecule has 70 valence electrons. The Hall–Kier alpha value is -0.340. The van der Waals surface area contributed by atoms with Gasteiger partial charge in [0, 0.05) is 4.90 Å². The molecule has 1 aliphatic carbocycles. The summed E-state index contributed by atoms with van der Waals surface area (Å²) in [5.74, 6) is 0. The molecule has 0 radical (unpaired) electrons. The van der Waals surface area contributed by atoms with Crippen LogP contribution >= 0.6 is 11.6 Å². The molecule has 1 atom stereocenters. The third-order valence-corrected chi connectivity index (χ3v) is 4.78. The first-order valence-electron chi connectivity index (χ1n) is 4.29. The molecule has 0 heterocycles. The second kappa shape index (κ2) is 3.10. The molecule has 1 nitrogen and oxygen atoms in total. The van der Waals surface area contributed by atoms with E-state index in [1.54, 1.807) is 0 Å². The van der Waals surface area contributed by atoms with Gasteiger partial charge in [0.2, 0.25) is 0 Å². The second-order valence-electron chi connectivity index (χ2n) is 3.46. The molecule has 0 aliphatic heterocycles. The Balaban J connectivity index is 2.26. The normalized spacial score (nSPS) is 21.1. The highest BCUT2D eigenvalue weighted by Crippen LogP contribution is 2.47. The molecular formula is C10H11ClOS. The van der Waals surface area contributed by atoms with Gasteiger partial charge in [0.1, 0.15) is 4.21 Å². The van der Waals surface area contributed by atoms with Crippen LogP contribution in [-0.2, 0) is 10.8 Å². The molecule has 0 bridgehead atoms. The minimum Gasteiger partial charge on any atom is -0.253 e. The van der Waals surface area contributed by atoms with Crippen molar-refractivity contribution < 1.29 is 4.21 Å². The summed E-state index contributed by atoms with van der Waals surface area (Å²) in [5.41, 5.74) is 1.18. The molecule has 1 saturated carbocycles. The Morgan fingerprint density at radius 3 is 2.31 bits per heavy atom. The van der Waals surface area contributed by atoms with Crippen LogP contribution < -0.4 is 0 Å². The summed E-state index contributed by atoms with van der Waals surface area (Å²) in [7, 11) is -1.03. The maximum Gasteiger partial charge on any atom is 0.124 e. The lowest BCUT2D eigenvalue weighted by atomic mass is 10.2. The van der Waals surface area contributed by atoms with Gasteiger partial charge in [-0.1, -0.05) is 17.7 Å². The first-order valence-corrected chi connectivity index (χ1v) is 5.82. The third kappa shape index (κ3) is 1.79. The van der Waals surface area contributed by atoms with Crippen LogP contribution in [0.5, 0.6) is 0 Å². The summed E-state index contributed by atoms with van der Waals surface area (Å²) >= 11 is 6.07. The zero-order valence-electron chi connectivity index (χ0n) is 7.42. The van der Waals surface area contributed by atoms with Gasteiger partial charge in [0.15, 0.2) is 0 Å². The van der Waals surface area contributed by atoms with Crippen molar-refractivity contribution in [1.29, 1.82) is 0 Å². The van der Waals surface area contributed by atoms with E-state index in [9.17, 15) is 4.21 Å². The molecule has 13 heavy (non-hydrogen) atoms. The van der Waals surface area contributed by atoms with Crippen molar-refractivity contribution in [1.82, 2.24) is 0 Å². The molecule has 1 aromatic rings. The second-order valence-corrected chi connectivity index (χ2v) is 6.20. The summed E-state index contributed by atoms with van der Waals surface area (Å²) < 4.78 is 11.4. The minimum atomic E-state index is -1.03. The molecule has 0 spiro atoms. The van der Waals surface area contributed by atoms with Crippen LogP contribution in [0.1, 0.15) is 18.4 Å². The molecule has 1 fully saturated rings. The Morgan fingerprint density at radius 2 is 1.85 bits per heavy atom. The van der Waals surface area contributed by atoms with Crippen molar-refractivity contribution in [3.8, 4) is 0 Å². The van der Waals surface area contributed by atoms with Gasteiger partial charge in [-0.15, -0.1) is 11.6 Å². The van der Waals surface area contributed by atoms with Gasteiger partial charge in [-0.25, -0.2) is 0 Å². The van der Waals surface area contributed by atoms with Gasteiger partial charge >= 0.3 is 0 Å². The number of hydrogen-bond donors (Lipinski definition) is 0. The molecule has 3 heteroatoms. The maximum atomic E-state index is 11.8. The van der Waals surface area contributed by atoms with Crippen LogP contribution in [0.3, 0.4) is 0 Å². The lowest BCUT2D eigenvalue weighted by Gasteiger charge is -2.06. The van der Waals surface area contributed by atoms with Crippen molar-refractivity contribution in [2.75, 3.05) is 0 Å². The summed E-state index contributed by atoms with van der Waals surface area (Å²) in [4.78, 5) is 0.845. The summed E-state index contributed by atoms with van der Waals surface area (Å²) in [5, 5.41) is 0. The van der Waals surface area contributed by atoms with Crippen LogP contribution in [0.25, 0.3) is 0 Å². The van der Waals surface area contributed by atoms with Crippen LogP contribution in [0.4, 0.5) is 0 Å². The van der Waals surface area contributed by atoms with E-state index in [0.29, 0.717) is 0 Å². The molecule has 0 N–H and O–H groups in total. The standard InChI is InChI=1S/C10H11ClOS/c1-8-2-4-9(5-3-8)13(12)10(11)6-7-10/h2-5H,6-7H2,1H3. The summed E-state index contributed by atoms with van der Waals surface area (Å²) in [6.45, 7) is 2.01. The van der Waals surface area contributed by atoms with Gasteiger partial charge in [-0.2, -0.15) is 0 Å². The van der Waals surface area contributed by atoms with Gasteiger partial charge in [-0.3, -0.25) is 4.21 Å². The fourth-order valence-electron chi connectivity index (χ4n) is 1.16. The molecule has 0 aromatic heterocycles. The van der Waals surface area contributed by atoms with Crippen molar-refractivity contribution in [3.05, 3.63) is 29.8 Å². The van der Waals surface area contributed by atoms with Crippen molar-refractivity contribution in [2.45, 2.75) is 28.9 Å². The van der Waals surface area contributed by atoms with E-state index < -0.39 is 15.0 Å². The molecule has 0 saturated heterocycles. The van der Waals surface area contributed by atoms with E-state index in [-0.39, 0.29) is 0 Å². The first kappa shape index (κ1) is 9.22. The Kier molecular flexibility index (Phi) is 2.20. The zero-order chi connectivity index (χ0) is 9.47. The molecular weight excluding hydrogens is 204 g/mol. The highest BCUT2D eigenvalue weighted by atomic mass is 35.5. The summed E-state index contributed by atoms with van der Waals surface area (Å²) in [6.07, 6.45) is 1.74. The monoisotopic (exact) mass is 214 g/mol. The van der Waals surface area contributed by atoms with E-state index in [4.69, 9.17) is 11.6 Å². The molecule has 1 aliphatic rings. The molecule has 1 unspecified atom stereocenters. The van der Waals surface area contributed by atoms with E-state index in [1.165, 1.54) is 5.56 Å². The Morgan fingerprint density at radius 1 is 1.31 bits per heavy atom. The highest BCUT2D eigenvalue weighted by molar-refractivity contribution is 7.88. The van der Waals surface area contributed by atoms with Crippen LogP contribution in [0.15, 0.2) is 29.2 Å². The molecule has 0 amide bonds. The lowest BCUT2D eigenvalue weighted by molar-refractivity contribution is 0.680. The lowest BCUT2D eigenvalue weighted by Crippen LogP contribution is -2.07. The molecule has 2 rings (SSSR count). The first-order chi connectivity index (χ1) is 6.12. The topological polar surface area (TPSA) is 17.1 Å². The minimum absolute atomic E-state index is 0.449. The predicted octanol–water partition coefficient (Wildman–Crippen LogP) is 2.83. The van der Waals surface area contributed by atoms with Gasteiger partial charge in [-0.05, 0) is 31.9 Å². The SMILES string of the molecule is Cc1ccc(S(=O)C2(Cl)CC2)cc1. The average Bonchev–Trinajstić information content (AvgIpc) is 2.85. The number of hydrogen-bond acceptors (Lipinski definition) is 1. The van der Waals surface area contributed by atoms with Crippen LogP contribution in [0.2, 0.25) is 0 Å². The van der Waals surface area contributed by atoms with Crippen molar-refractivity contribution in [2.24, 2.45) is 0 Å². The van der Waals surface area contributed by atoms with Gasteiger partial charge in [0.25, 0.3) is 0 Å². The van der Waals surface area contributed by atoms with Crippen molar-refractivity contribution in [3.63, 3.8) is 0 Å². The fraction of sp³-hybridized carbons (Fsp3) is 0.400.